The molecule has 0 aliphatic heterocycles. The minimum atomic E-state index is -0.337. The van der Waals surface area contributed by atoms with Gasteiger partial charge in [0.2, 0.25) is 0 Å². The molecule has 0 saturated carbocycles. The lowest BCUT2D eigenvalue weighted by Crippen LogP contribution is -2.34. The fourth-order valence-corrected chi connectivity index (χ4v) is 0.904. The van der Waals surface area contributed by atoms with Crippen LogP contribution in [0.2, 0.25) is 0 Å². The van der Waals surface area contributed by atoms with Crippen molar-refractivity contribution in [3.8, 4) is 0 Å². The molecule has 0 radical (unpaired) electrons. The molecule has 0 aromatic rings. The maximum atomic E-state index is 9.12. The van der Waals surface area contributed by atoms with E-state index in [9.17, 15) is 0 Å². The third kappa shape index (κ3) is 3.82. The van der Waals surface area contributed by atoms with E-state index in [1.54, 1.807) is 6.92 Å². The topological polar surface area (TPSA) is 49.5 Å². The zero-order valence-electron chi connectivity index (χ0n) is 6.88. The van der Waals surface area contributed by atoms with Gasteiger partial charge in [0.15, 0.2) is 0 Å². The summed E-state index contributed by atoms with van der Waals surface area (Å²) < 4.78 is 0. The van der Waals surface area contributed by atoms with Gasteiger partial charge in [-0.3, -0.25) is 4.90 Å². The van der Waals surface area contributed by atoms with Gasteiger partial charge in [-0.1, -0.05) is 6.92 Å². The Labute approximate surface area is 62.8 Å². The smallest absolute Gasteiger partial charge is 0.104 e. The van der Waals surface area contributed by atoms with E-state index in [0.717, 1.165) is 19.5 Å². The summed E-state index contributed by atoms with van der Waals surface area (Å²) in [6.45, 7) is 6.29. The van der Waals surface area contributed by atoms with Crippen LogP contribution in [0.15, 0.2) is 0 Å². The molecular formula is C7H18N2O. The maximum absolute atomic E-state index is 9.12. The van der Waals surface area contributed by atoms with Gasteiger partial charge >= 0.3 is 0 Å². The quantitative estimate of drug-likeness (QED) is 0.537. The van der Waals surface area contributed by atoms with Crippen LogP contribution in [0.25, 0.3) is 0 Å². The van der Waals surface area contributed by atoms with E-state index in [1.165, 1.54) is 0 Å². The standard InChI is InChI=1S/C7H18N2O/c1-3-9(7(2)10)6-4-5-8/h7,10H,3-6,8H2,1-2H3. The van der Waals surface area contributed by atoms with Gasteiger partial charge in [-0.05, 0) is 26.4 Å². The molecule has 3 nitrogen and oxygen atoms in total. The average Bonchev–Trinajstić information content (AvgIpc) is 1.89. The van der Waals surface area contributed by atoms with Crippen molar-refractivity contribution in [2.75, 3.05) is 19.6 Å². The van der Waals surface area contributed by atoms with Crippen LogP contribution < -0.4 is 5.73 Å². The molecule has 0 saturated heterocycles. The highest BCUT2D eigenvalue weighted by molar-refractivity contribution is 4.55. The van der Waals surface area contributed by atoms with Crippen LogP contribution in [0, 0.1) is 0 Å². The molecule has 0 bridgehead atoms. The monoisotopic (exact) mass is 146 g/mol. The zero-order chi connectivity index (χ0) is 7.98. The summed E-state index contributed by atoms with van der Waals surface area (Å²) in [5.74, 6) is 0. The zero-order valence-corrected chi connectivity index (χ0v) is 6.88. The van der Waals surface area contributed by atoms with Gasteiger partial charge in [0.05, 0.1) is 0 Å². The number of aliphatic hydroxyl groups is 1. The van der Waals surface area contributed by atoms with Crippen molar-refractivity contribution in [2.24, 2.45) is 5.73 Å². The predicted molar refractivity (Wildman–Crippen MR) is 42.6 cm³/mol. The van der Waals surface area contributed by atoms with E-state index < -0.39 is 0 Å². The SMILES string of the molecule is CCN(CCCN)C(C)O. The predicted octanol–water partition coefficient (Wildman–Crippen LogP) is -0.00460. The summed E-state index contributed by atoms with van der Waals surface area (Å²) in [4.78, 5) is 1.98. The van der Waals surface area contributed by atoms with Crippen molar-refractivity contribution in [2.45, 2.75) is 26.5 Å². The van der Waals surface area contributed by atoms with Gasteiger partial charge in [-0.15, -0.1) is 0 Å². The van der Waals surface area contributed by atoms with Gasteiger partial charge in [-0.25, -0.2) is 0 Å². The molecular weight excluding hydrogens is 128 g/mol. The van der Waals surface area contributed by atoms with E-state index in [-0.39, 0.29) is 6.23 Å². The van der Waals surface area contributed by atoms with Crippen molar-refractivity contribution < 1.29 is 5.11 Å². The molecule has 0 amide bonds. The summed E-state index contributed by atoms with van der Waals surface area (Å²) in [6.07, 6.45) is 0.621. The molecule has 1 unspecified atom stereocenters. The molecule has 3 N–H and O–H groups in total. The molecule has 3 heteroatoms. The number of nitrogens with two attached hydrogens (primary N) is 1. The van der Waals surface area contributed by atoms with Crippen molar-refractivity contribution in [1.29, 1.82) is 0 Å². The van der Waals surface area contributed by atoms with Crippen molar-refractivity contribution >= 4 is 0 Å². The third-order valence-electron chi connectivity index (χ3n) is 1.58. The lowest BCUT2D eigenvalue weighted by atomic mass is 10.3. The van der Waals surface area contributed by atoms with Crippen LogP contribution in [0.1, 0.15) is 20.3 Å². The summed E-state index contributed by atoms with van der Waals surface area (Å²) in [6, 6.07) is 0. The molecule has 0 aromatic carbocycles. The molecule has 0 rings (SSSR count). The van der Waals surface area contributed by atoms with Crippen LogP contribution in [0.3, 0.4) is 0 Å². The number of hydrogen-bond donors (Lipinski definition) is 2. The fraction of sp³-hybridized carbons (Fsp3) is 1.00. The highest BCUT2D eigenvalue weighted by Gasteiger charge is 2.05. The van der Waals surface area contributed by atoms with Gasteiger partial charge in [0.25, 0.3) is 0 Å². The summed E-state index contributed by atoms with van der Waals surface area (Å²) in [5, 5.41) is 9.12. The molecule has 1 atom stereocenters. The minimum Gasteiger partial charge on any atom is -0.379 e. The Morgan fingerprint density at radius 1 is 1.60 bits per heavy atom. The molecule has 0 heterocycles. The second-order valence-electron chi connectivity index (χ2n) is 2.40. The van der Waals surface area contributed by atoms with E-state index in [2.05, 4.69) is 0 Å². The summed E-state index contributed by atoms with van der Waals surface area (Å²) in [5.41, 5.74) is 5.32. The van der Waals surface area contributed by atoms with Crippen LogP contribution in [0.4, 0.5) is 0 Å². The van der Waals surface area contributed by atoms with Gasteiger partial charge in [0.1, 0.15) is 6.23 Å². The van der Waals surface area contributed by atoms with Gasteiger partial charge < -0.3 is 10.8 Å². The lowest BCUT2D eigenvalue weighted by molar-refractivity contribution is 0.0223. The first-order valence-electron chi connectivity index (χ1n) is 3.84. The largest absolute Gasteiger partial charge is 0.379 e. The molecule has 0 aliphatic rings. The summed E-state index contributed by atoms with van der Waals surface area (Å²) in [7, 11) is 0. The Bertz CT molecular complexity index is 76.0. The fourth-order valence-electron chi connectivity index (χ4n) is 0.904. The molecule has 0 aliphatic carbocycles. The van der Waals surface area contributed by atoms with Crippen LogP contribution >= 0.6 is 0 Å². The van der Waals surface area contributed by atoms with Crippen molar-refractivity contribution in [3.63, 3.8) is 0 Å². The number of hydrogen-bond acceptors (Lipinski definition) is 3. The first-order valence-corrected chi connectivity index (χ1v) is 3.84. The highest BCUT2D eigenvalue weighted by atomic mass is 16.3. The van der Waals surface area contributed by atoms with E-state index in [0.29, 0.717) is 6.54 Å². The third-order valence-corrected chi connectivity index (χ3v) is 1.58. The second kappa shape index (κ2) is 5.65. The maximum Gasteiger partial charge on any atom is 0.104 e. The van der Waals surface area contributed by atoms with Crippen LogP contribution in [-0.4, -0.2) is 35.9 Å². The molecule has 62 valence electrons. The Balaban J connectivity index is 3.40. The van der Waals surface area contributed by atoms with E-state index >= 15 is 0 Å². The Morgan fingerprint density at radius 3 is 2.50 bits per heavy atom. The first kappa shape index (κ1) is 9.88. The van der Waals surface area contributed by atoms with Crippen LogP contribution in [0.5, 0.6) is 0 Å². The second-order valence-corrected chi connectivity index (χ2v) is 2.40. The van der Waals surface area contributed by atoms with E-state index in [1.807, 2.05) is 11.8 Å². The Morgan fingerprint density at radius 2 is 2.20 bits per heavy atom. The molecule has 10 heavy (non-hydrogen) atoms. The van der Waals surface area contributed by atoms with Crippen molar-refractivity contribution in [1.82, 2.24) is 4.90 Å². The Hall–Kier alpha value is -0.120. The normalized spacial score (nSPS) is 14.1. The number of rotatable bonds is 5. The first-order chi connectivity index (χ1) is 4.72. The van der Waals surface area contributed by atoms with E-state index in [4.69, 9.17) is 10.8 Å². The van der Waals surface area contributed by atoms with Gasteiger partial charge in [-0.2, -0.15) is 0 Å². The lowest BCUT2D eigenvalue weighted by Gasteiger charge is -2.22. The van der Waals surface area contributed by atoms with Crippen molar-refractivity contribution in [3.05, 3.63) is 0 Å². The Kier molecular flexibility index (Phi) is 5.58. The summed E-state index contributed by atoms with van der Waals surface area (Å²) >= 11 is 0. The molecule has 0 aromatic heterocycles. The van der Waals surface area contributed by atoms with Crippen LogP contribution in [-0.2, 0) is 0 Å². The number of aliphatic hydroxyl groups excluding tert-OH is 1. The average molecular weight is 146 g/mol. The molecule has 0 spiro atoms. The molecule has 0 fully saturated rings. The van der Waals surface area contributed by atoms with Gasteiger partial charge in [0, 0.05) is 6.54 Å². The number of nitrogens with zero attached hydrogens (tertiary/aromatic N) is 1. The highest BCUT2D eigenvalue weighted by Crippen LogP contribution is 1.94. The minimum absolute atomic E-state index is 0.337.